The van der Waals surface area contributed by atoms with Gasteiger partial charge in [0, 0.05) is 24.5 Å². The van der Waals surface area contributed by atoms with Gasteiger partial charge in [0.1, 0.15) is 17.0 Å². The Morgan fingerprint density at radius 1 is 1.33 bits per heavy atom. The Morgan fingerprint density at radius 3 is 2.48 bits per heavy atom. The van der Waals surface area contributed by atoms with Crippen molar-refractivity contribution in [2.75, 3.05) is 6.54 Å². The molecule has 0 radical (unpaired) electrons. The van der Waals surface area contributed by atoms with Gasteiger partial charge in [-0.25, -0.2) is 13.1 Å². The zero-order chi connectivity index (χ0) is 15.6. The van der Waals surface area contributed by atoms with Crippen molar-refractivity contribution in [1.82, 2.24) is 19.5 Å². The van der Waals surface area contributed by atoms with Gasteiger partial charge in [-0.1, -0.05) is 39.1 Å². The summed E-state index contributed by atoms with van der Waals surface area (Å²) in [6.07, 6.45) is 1.95. The SMILES string of the molecule is Cn1cnnc1CCNS(=O)(=O)c1c(Cl)cc(Br)cc1Cl. The summed E-state index contributed by atoms with van der Waals surface area (Å²) in [5.74, 6) is 0.672. The molecule has 10 heteroatoms. The number of hydrogen-bond donors (Lipinski definition) is 1. The second-order valence-electron chi connectivity index (χ2n) is 4.20. The summed E-state index contributed by atoms with van der Waals surface area (Å²) in [6.45, 7) is 0.164. The lowest BCUT2D eigenvalue weighted by atomic mass is 10.4. The molecule has 0 unspecified atom stereocenters. The first-order chi connectivity index (χ1) is 9.81. The highest BCUT2D eigenvalue weighted by atomic mass is 79.9. The summed E-state index contributed by atoms with van der Waals surface area (Å²) >= 11 is 15.1. The minimum atomic E-state index is -3.80. The van der Waals surface area contributed by atoms with Crippen molar-refractivity contribution in [3.8, 4) is 0 Å². The first-order valence-corrected chi connectivity index (χ1v) is 8.81. The van der Waals surface area contributed by atoms with E-state index in [1.165, 1.54) is 12.1 Å². The van der Waals surface area contributed by atoms with Crippen LogP contribution >= 0.6 is 39.1 Å². The van der Waals surface area contributed by atoms with Crippen LogP contribution in [0.1, 0.15) is 5.82 Å². The molecule has 2 aromatic rings. The molecule has 1 N–H and O–H groups in total. The Morgan fingerprint density at radius 2 is 1.95 bits per heavy atom. The Bertz CT molecular complexity index is 740. The number of aryl methyl sites for hydroxylation is 1. The van der Waals surface area contributed by atoms with E-state index in [0.717, 1.165) is 0 Å². The molecule has 1 aromatic heterocycles. The van der Waals surface area contributed by atoms with Gasteiger partial charge in [0.25, 0.3) is 0 Å². The fraction of sp³-hybridized carbons (Fsp3) is 0.273. The third kappa shape index (κ3) is 3.95. The molecule has 0 atom stereocenters. The Balaban J connectivity index is 2.14. The molecule has 0 aliphatic carbocycles. The van der Waals surface area contributed by atoms with Crippen molar-refractivity contribution in [3.05, 3.63) is 38.8 Å². The summed E-state index contributed by atoms with van der Waals surface area (Å²) < 4.78 is 29.3. The Hall–Kier alpha value is -0.670. The maximum Gasteiger partial charge on any atom is 0.243 e. The predicted molar refractivity (Wildman–Crippen MR) is 84.1 cm³/mol. The van der Waals surface area contributed by atoms with Crippen LogP contribution in [0.4, 0.5) is 0 Å². The van der Waals surface area contributed by atoms with E-state index in [1.807, 2.05) is 0 Å². The van der Waals surface area contributed by atoms with Crippen molar-refractivity contribution in [2.45, 2.75) is 11.3 Å². The number of aromatic nitrogens is 3. The van der Waals surface area contributed by atoms with E-state index in [4.69, 9.17) is 23.2 Å². The van der Waals surface area contributed by atoms with Crippen LogP contribution in [0.5, 0.6) is 0 Å². The highest BCUT2D eigenvalue weighted by Crippen LogP contribution is 2.32. The van der Waals surface area contributed by atoms with E-state index in [0.29, 0.717) is 16.7 Å². The van der Waals surface area contributed by atoms with Crippen molar-refractivity contribution in [2.24, 2.45) is 7.05 Å². The summed E-state index contributed by atoms with van der Waals surface area (Å²) in [4.78, 5) is -0.132. The van der Waals surface area contributed by atoms with Gasteiger partial charge in [0.05, 0.1) is 10.0 Å². The molecule has 0 saturated carbocycles. The summed E-state index contributed by atoms with van der Waals surface area (Å²) in [7, 11) is -2.01. The first-order valence-electron chi connectivity index (χ1n) is 5.78. The molecule has 114 valence electrons. The van der Waals surface area contributed by atoms with E-state index >= 15 is 0 Å². The van der Waals surface area contributed by atoms with E-state index in [2.05, 4.69) is 30.8 Å². The highest BCUT2D eigenvalue weighted by Gasteiger charge is 2.22. The monoisotopic (exact) mass is 412 g/mol. The minimum Gasteiger partial charge on any atom is -0.321 e. The average molecular weight is 414 g/mol. The number of benzene rings is 1. The second-order valence-corrected chi connectivity index (χ2v) is 7.64. The molecule has 6 nitrogen and oxygen atoms in total. The average Bonchev–Trinajstić information content (AvgIpc) is 2.73. The number of rotatable bonds is 5. The third-order valence-corrected chi connectivity index (χ3v) is 5.52. The smallest absolute Gasteiger partial charge is 0.243 e. The van der Waals surface area contributed by atoms with Crippen molar-refractivity contribution in [3.63, 3.8) is 0 Å². The number of halogens is 3. The Kier molecular flexibility index (Phi) is 5.26. The van der Waals surface area contributed by atoms with Crippen LogP contribution in [0, 0.1) is 0 Å². The number of nitrogens with one attached hydrogen (secondary N) is 1. The van der Waals surface area contributed by atoms with Gasteiger partial charge in [-0.2, -0.15) is 0 Å². The molecule has 2 rings (SSSR count). The van der Waals surface area contributed by atoms with Gasteiger partial charge in [0.2, 0.25) is 10.0 Å². The fourth-order valence-electron chi connectivity index (χ4n) is 1.69. The molecule has 0 bridgehead atoms. The van der Waals surface area contributed by atoms with Crippen molar-refractivity contribution in [1.29, 1.82) is 0 Å². The normalized spacial score (nSPS) is 11.8. The lowest BCUT2D eigenvalue weighted by Gasteiger charge is -2.10. The highest BCUT2D eigenvalue weighted by molar-refractivity contribution is 9.10. The summed E-state index contributed by atoms with van der Waals surface area (Å²) in [6, 6.07) is 2.95. The maximum absolute atomic E-state index is 12.3. The lowest BCUT2D eigenvalue weighted by Crippen LogP contribution is -2.27. The molecule has 1 aromatic carbocycles. The first kappa shape index (κ1) is 16.7. The van der Waals surface area contributed by atoms with Crippen LogP contribution in [0.25, 0.3) is 0 Å². The summed E-state index contributed by atoms with van der Waals surface area (Å²) in [5, 5.41) is 7.71. The molecular formula is C11H11BrCl2N4O2S. The summed E-state index contributed by atoms with van der Waals surface area (Å²) in [5.41, 5.74) is 0. The van der Waals surface area contributed by atoms with Gasteiger partial charge in [-0.3, -0.25) is 0 Å². The van der Waals surface area contributed by atoms with Crippen molar-refractivity contribution >= 4 is 49.2 Å². The number of hydrogen-bond acceptors (Lipinski definition) is 4. The van der Waals surface area contributed by atoms with Crippen LogP contribution in [0.2, 0.25) is 10.0 Å². The van der Waals surface area contributed by atoms with E-state index in [1.54, 1.807) is 17.9 Å². The predicted octanol–water partition coefficient (Wildman–Crippen LogP) is 2.41. The molecule has 0 spiro atoms. The van der Waals surface area contributed by atoms with Crippen LogP contribution in [0.3, 0.4) is 0 Å². The van der Waals surface area contributed by atoms with E-state index in [-0.39, 0.29) is 21.5 Å². The molecule has 0 aliphatic rings. The van der Waals surface area contributed by atoms with Crippen LogP contribution in [0.15, 0.2) is 27.8 Å². The van der Waals surface area contributed by atoms with Gasteiger partial charge >= 0.3 is 0 Å². The van der Waals surface area contributed by atoms with Gasteiger partial charge in [-0.05, 0) is 12.1 Å². The topological polar surface area (TPSA) is 76.9 Å². The minimum absolute atomic E-state index is 0.0560. The molecule has 0 fully saturated rings. The van der Waals surface area contributed by atoms with Crippen LogP contribution < -0.4 is 4.72 Å². The van der Waals surface area contributed by atoms with Crippen LogP contribution in [-0.2, 0) is 23.5 Å². The molecule has 0 saturated heterocycles. The van der Waals surface area contributed by atoms with Crippen LogP contribution in [-0.4, -0.2) is 29.7 Å². The largest absolute Gasteiger partial charge is 0.321 e. The molecular weight excluding hydrogens is 403 g/mol. The number of sulfonamides is 1. The quantitative estimate of drug-likeness (QED) is 0.816. The van der Waals surface area contributed by atoms with E-state index in [9.17, 15) is 8.42 Å². The van der Waals surface area contributed by atoms with Gasteiger partial charge in [-0.15, -0.1) is 10.2 Å². The lowest BCUT2D eigenvalue weighted by molar-refractivity contribution is 0.580. The zero-order valence-electron chi connectivity index (χ0n) is 10.8. The van der Waals surface area contributed by atoms with Gasteiger partial charge < -0.3 is 4.57 Å². The fourth-order valence-corrected chi connectivity index (χ4v) is 4.65. The molecule has 0 aliphatic heterocycles. The molecule has 0 amide bonds. The molecule has 1 heterocycles. The van der Waals surface area contributed by atoms with Crippen molar-refractivity contribution < 1.29 is 8.42 Å². The van der Waals surface area contributed by atoms with Gasteiger partial charge in [0.15, 0.2) is 0 Å². The second kappa shape index (κ2) is 6.62. The molecule has 21 heavy (non-hydrogen) atoms. The maximum atomic E-state index is 12.3. The van der Waals surface area contributed by atoms with E-state index < -0.39 is 10.0 Å². The zero-order valence-corrected chi connectivity index (χ0v) is 14.8. The standard InChI is InChI=1S/C11H11BrCl2N4O2S/c1-18-6-15-17-10(18)2-3-16-21(19,20)11-8(13)4-7(12)5-9(11)14/h4-6,16H,2-3H2,1H3. The number of nitrogens with zero attached hydrogens (tertiary/aromatic N) is 3. The third-order valence-electron chi connectivity index (χ3n) is 2.68. The Labute approximate surface area is 140 Å².